The predicted octanol–water partition coefficient (Wildman–Crippen LogP) is 2.80. The number of ether oxygens (including phenoxy) is 2. The summed E-state index contributed by atoms with van der Waals surface area (Å²) >= 11 is 3.45. The minimum atomic E-state index is -0.661. The molecular formula is C13H15BrO3. The molecule has 1 atom stereocenters. The lowest BCUT2D eigenvalue weighted by atomic mass is 9.75. The molecule has 0 radical (unpaired) electrons. The maximum absolute atomic E-state index is 12.1. The smallest absolute Gasteiger partial charge is 0.318 e. The normalized spacial score (nSPS) is 23.0. The SMILES string of the molecule is CCC1(C(=O)OC)COCc2ccc(Br)cc21. The van der Waals surface area contributed by atoms with E-state index >= 15 is 0 Å². The molecule has 0 N–H and O–H groups in total. The number of hydrogen-bond acceptors (Lipinski definition) is 3. The molecule has 0 saturated carbocycles. The van der Waals surface area contributed by atoms with Gasteiger partial charge in [-0.15, -0.1) is 0 Å². The van der Waals surface area contributed by atoms with Gasteiger partial charge in [-0.3, -0.25) is 4.79 Å². The zero-order valence-electron chi connectivity index (χ0n) is 9.96. The number of halogens is 1. The van der Waals surface area contributed by atoms with Crippen molar-refractivity contribution < 1.29 is 14.3 Å². The Hall–Kier alpha value is -0.870. The number of fused-ring (bicyclic) bond motifs is 1. The molecule has 4 heteroatoms. The average Bonchev–Trinajstić information content (AvgIpc) is 2.37. The van der Waals surface area contributed by atoms with Crippen molar-refractivity contribution in [1.29, 1.82) is 0 Å². The van der Waals surface area contributed by atoms with E-state index in [1.807, 2.05) is 25.1 Å². The highest BCUT2D eigenvalue weighted by atomic mass is 79.9. The van der Waals surface area contributed by atoms with E-state index in [0.717, 1.165) is 15.6 Å². The molecule has 92 valence electrons. The van der Waals surface area contributed by atoms with Gasteiger partial charge in [0.15, 0.2) is 0 Å². The third-order valence-electron chi connectivity index (χ3n) is 3.37. The molecule has 3 nitrogen and oxygen atoms in total. The second-order valence-corrected chi connectivity index (χ2v) is 5.14. The Balaban J connectivity index is 2.58. The molecule has 1 aromatic carbocycles. The topological polar surface area (TPSA) is 35.5 Å². The Morgan fingerprint density at radius 1 is 1.59 bits per heavy atom. The van der Waals surface area contributed by atoms with E-state index in [4.69, 9.17) is 9.47 Å². The molecule has 1 heterocycles. The highest BCUT2D eigenvalue weighted by Gasteiger charge is 2.44. The predicted molar refractivity (Wildman–Crippen MR) is 67.8 cm³/mol. The molecule has 0 spiro atoms. The van der Waals surface area contributed by atoms with Gasteiger partial charge in [0.05, 0.1) is 20.3 Å². The monoisotopic (exact) mass is 298 g/mol. The average molecular weight is 299 g/mol. The van der Waals surface area contributed by atoms with E-state index in [1.165, 1.54) is 7.11 Å². The van der Waals surface area contributed by atoms with Crippen LogP contribution in [0, 0.1) is 0 Å². The van der Waals surface area contributed by atoms with Crippen LogP contribution >= 0.6 is 15.9 Å². The second kappa shape index (κ2) is 4.78. The molecule has 17 heavy (non-hydrogen) atoms. The van der Waals surface area contributed by atoms with Crippen LogP contribution < -0.4 is 0 Å². The minimum absolute atomic E-state index is 0.223. The largest absolute Gasteiger partial charge is 0.468 e. The van der Waals surface area contributed by atoms with Crippen LogP contribution in [0.1, 0.15) is 24.5 Å². The number of carbonyl (C=O) groups is 1. The summed E-state index contributed by atoms with van der Waals surface area (Å²) in [5, 5.41) is 0. The quantitative estimate of drug-likeness (QED) is 0.788. The summed E-state index contributed by atoms with van der Waals surface area (Å²) in [7, 11) is 1.42. The first-order valence-corrected chi connectivity index (χ1v) is 6.38. The standard InChI is InChI=1S/C13H15BrO3/c1-3-13(12(15)16-2)8-17-7-9-4-5-10(14)6-11(9)13/h4-6H,3,7-8H2,1-2H3. The van der Waals surface area contributed by atoms with E-state index in [0.29, 0.717) is 19.6 Å². The van der Waals surface area contributed by atoms with Gasteiger partial charge < -0.3 is 9.47 Å². The van der Waals surface area contributed by atoms with E-state index in [1.54, 1.807) is 0 Å². The van der Waals surface area contributed by atoms with Gasteiger partial charge in [0.2, 0.25) is 0 Å². The molecule has 0 amide bonds. The molecular weight excluding hydrogens is 284 g/mol. The van der Waals surface area contributed by atoms with Crippen LogP contribution in [0.25, 0.3) is 0 Å². The van der Waals surface area contributed by atoms with Crippen LogP contribution in [0.4, 0.5) is 0 Å². The van der Waals surface area contributed by atoms with Gasteiger partial charge in [-0.25, -0.2) is 0 Å². The van der Waals surface area contributed by atoms with Crippen LogP contribution in [-0.2, 0) is 26.3 Å². The van der Waals surface area contributed by atoms with Gasteiger partial charge in [-0.2, -0.15) is 0 Å². The van der Waals surface area contributed by atoms with Gasteiger partial charge >= 0.3 is 5.97 Å². The van der Waals surface area contributed by atoms with Crippen LogP contribution in [-0.4, -0.2) is 19.7 Å². The number of benzene rings is 1. The van der Waals surface area contributed by atoms with Crippen molar-refractivity contribution in [2.45, 2.75) is 25.4 Å². The number of esters is 1. The summed E-state index contributed by atoms with van der Waals surface area (Å²) in [6.45, 7) is 2.93. The number of hydrogen-bond donors (Lipinski definition) is 0. The lowest BCUT2D eigenvalue weighted by Gasteiger charge is -2.35. The third-order valence-corrected chi connectivity index (χ3v) is 3.87. The van der Waals surface area contributed by atoms with Crippen molar-refractivity contribution in [3.63, 3.8) is 0 Å². The Kier molecular flexibility index (Phi) is 3.54. The summed E-state index contributed by atoms with van der Waals surface area (Å²) in [6.07, 6.45) is 0.670. The number of carbonyl (C=O) groups excluding carboxylic acids is 1. The van der Waals surface area contributed by atoms with Crippen molar-refractivity contribution in [2.24, 2.45) is 0 Å². The highest BCUT2D eigenvalue weighted by molar-refractivity contribution is 9.10. The van der Waals surface area contributed by atoms with Gasteiger partial charge in [-0.1, -0.05) is 28.9 Å². The van der Waals surface area contributed by atoms with Crippen LogP contribution in [0.2, 0.25) is 0 Å². The van der Waals surface area contributed by atoms with Crippen molar-refractivity contribution in [3.05, 3.63) is 33.8 Å². The Bertz CT molecular complexity index is 444. The summed E-state index contributed by atoms with van der Waals surface area (Å²) in [5.41, 5.74) is 1.42. The minimum Gasteiger partial charge on any atom is -0.468 e. The van der Waals surface area contributed by atoms with E-state index in [2.05, 4.69) is 15.9 Å². The van der Waals surface area contributed by atoms with E-state index in [9.17, 15) is 4.79 Å². The van der Waals surface area contributed by atoms with Crippen molar-refractivity contribution in [3.8, 4) is 0 Å². The Morgan fingerprint density at radius 2 is 2.35 bits per heavy atom. The van der Waals surface area contributed by atoms with Gasteiger partial charge in [0, 0.05) is 4.47 Å². The molecule has 0 bridgehead atoms. The highest BCUT2D eigenvalue weighted by Crippen LogP contribution is 2.37. The molecule has 0 fully saturated rings. The first-order chi connectivity index (χ1) is 8.14. The van der Waals surface area contributed by atoms with E-state index in [-0.39, 0.29) is 5.97 Å². The molecule has 2 rings (SSSR count). The Morgan fingerprint density at radius 3 is 3.00 bits per heavy atom. The fourth-order valence-corrected chi connectivity index (χ4v) is 2.70. The lowest BCUT2D eigenvalue weighted by Crippen LogP contribution is -2.44. The van der Waals surface area contributed by atoms with Crippen LogP contribution in [0.15, 0.2) is 22.7 Å². The fraction of sp³-hybridized carbons (Fsp3) is 0.462. The van der Waals surface area contributed by atoms with Gasteiger partial charge in [0.1, 0.15) is 5.41 Å². The van der Waals surface area contributed by atoms with Gasteiger partial charge in [0.25, 0.3) is 0 Å². The lowest BCUT2D eigenvalue weighted by molar-refractivity contribution is -0.152. The summed E-state index contributed by atoms with van der Waals surface area (Å²) < 4.78 is 11.5. The van der Waals surface area contributed by atoms with Gasteiger partial charge in [-0.05, 0) is 29.7 Å². The number of methoxy groups -OCH3 is 1. The molecule has 0 saturated heterocycles. The molecule has 1 aliphatic rings. The maximum atomic E-state index is 12.1. The molecule has 1 aromatic rings. The molecule has 0 aromatic heterocycles. The summed E-state index contributed by atoms with van der Waals surface area (Å²) in [5.74, 6) is -0.223. The number of rotatable bonds is 2. The summed E-state index contributed by atoms with van der Waals surface area (Å²) in [6, 6.07) is 5.95. The second-order valence-electron chi connectivity index (χ2n) is 4.22. The zero-order chi connectivity index (χ0) is 12.5. The first-order valence-electron chi connectivity index (χ1n) is 5.59. The molecule has 1 aliphatic heterocycles. The van der Waals surface area contributed by atoms with Crippen molar-refractivity contribution >= 4 is 21.9 Å². The molecule has 1 unspecified atom stereocenters. The fourth-order valence-electron chi connectivity index (χ4n) is 2.33. The van der Waals surface area contributed by atoms with Crippen molar-refractivity contribution in [2.75, 3.05) is 13.7 Å². The first kappa shape index (κ1) is 12.6. The Labute approximate surface area is 109 Å². The van der Waals surface area contributed by atoms with Crippen LogP contribution in [0.5, 0.6) is 0 Å². The third kappa shape index (κ3) is 2.00. The zero-order valence-corrected chi connectivity index (χ0v) is 11.5. The summed E-state index contributed by atoms with van der Waals surface area (Å²) in [4.78, 5) is 12.1. The van der Waals surface area contributed by atoms with Crippen LogP contribution in [0.3, 0.4) is 0 Å². The van der Waals surface area contributed by atoms with E-state index < -0.39 is 5.41 Å². The molecule has 0 aliphatic carbocycles. The van der Waals surface area contributed by atoms with Crippen molar-refractivity contribution in [1.82, 2.24) is 0 Å². The maximum Gasteiger partial charge on any atom is 0.318 e.